The molecule has 4 rings (SSSR count). The van der Waals surface area contributed by atoms with E-state index in [-0.39, 0.29) is 11.2 Å². The largest absolute Gasteiger partial charge is 0.296 e. The van der Waals surface area contributed by atoms with Crippen molar-refractivity contribution in [1.29, 1.82) is 0 Å². The van der Waals surface area contributed by atoms with Gasteiger partial charge in [-0.1, -0.05) is 0 Å². The second-order valence-corrected chi connectivity index (χ2v) is 9.21. The molecule has 0 amide bonds. The van der Waals surface area contributed by atoms with Gasteiger partial charge in [0.1, 0.15) is 0 Å². The van der Waals surface area contributed by atoms with Crippen molar-refractivity contribution < 1.29 is 8.42 Å². The molecule has 8 heteroatoms. The quantitative estimate of drug-likeness (QED) is 0.803. The van der Waals surface area contributed by atoms with E-state index in [0.29, 0.717) is 5.82 Å². The molecule has 1 fully saturated rings. The highest BCUT2D eigenvalue weighted by molar-refractivity contribution is 8.13. The Hall–Kier alpha value is -0.920. The molecule has 2 heterocycles. The van der Waals surface area contributed by atoms with E-state index in [0.717, 1.165) is 30.6 Å². The molecule has 5 nitrogen and oxygen atoms in total. The zero-order chi connectivity index (χ0) is 14.6. The van der Waals surface area contributed by atoms with Gasteiger partial charge in [-0.05, 0) is 50.2 Å². The van der Waals surface area contributed by atoms with Crippen molar-refractivity contribution in [1.82, 2.24) is 14.8 Å². The Bertz CT molecular complexity index is 782. The first kappa shape index (κ1) is 13.7. The van der Waals surface area contributed by atoms with E-state index < -0.39 is 9.05 Å². The molecule has 0 atom stereocenters. The molecule has 1 saturated carbocycles. The molecule has 2 aliphatic rings. The smallest absolute Gasteiger partial charge is 0.293 e. The van der Waals surface area contributed by atoms with Crippen LogP contribution in [0.15, 0.2) is 11.2 Å². The molecular formula is C13H14ClN3O2S2. The zero-order valence-corrected chi connectivity index (χ0v) is 13.6. The summed E-state index contributed by atoms with van der Waals surface area (Å²) in [5.41, 5.74) is 1.38. The Morgan fingerprint density at radius 3 is 2.67 bits per heavy atom. The molecule has 0 unspecified atom stereocenters. The highest BCUT2D eigenvalue weighted by Gasteiger charge is 2.34. The van der Waals surface area contributed by atoms with Gasteiger partial charge in [-0.2, -0.15) is 0 Å². The number of aryl methyl sites for hydroxylation is 2. The molecule has 21 heavy (non-hydrogen) atoms. The zero-order valence-electron chi connectivity index (χ0n) is 11.2. The topological polar surface area (TPSA) is 64.8 Å². The fourth-order valence-electron chi connectivity index (χ4n) is 2.87. The molecule has 2 aromatic heterocycles. The number of nitrogens with zero attached hydrogens (tertiary/aromatic N) is 3. The SMILES string of the molecule is O=S(=O)(Cl)c1nnc(-c2cc3c(s2)CCCC3)n1C1CC1. The van der Waals surface area contributed by atoms with E-state index in [1.807, 2.05) is 0 Å². The molecule has 2 aromatic rings. The van der Waals surface area contributed by atoms with Crippen LogP contribution in [0.3, 0.4) is 0 Å². The van der Waals surface area contributed by atoms with Gasteiger partial charge in [0, 0.05) is 21.6 Å². The number of halogens is 1. The third-order valence-corrected chi connectivity index (χ3v) is 6.37. The summed E-state index contributed by atoms with van der Waals surface area (Å²) in [7, 11) is 1.63. The lowest BCUT2D eigenvalue weighted by molar-refractivity contribution is 0.579. The van der Waals surface area contributed by atoms with Gasteiger partial charge in [0.15, 0.2) is 5.82 Å². The van der Waals surface area contributed by atoms with Crippen molar-refractivity contribution in [2.75, 3.05) is 0 Å². The number of hydrogen-bond donors (Lipinski definition) is 0. The van der Waals surface area contributed by atoms with E-state index in [1.54, 1.807) is 15.9 Å². The maximum Gasteiger partial charge on any atom is 0.296 e. The average Bonchev–Trinajstić information content (AvgIpc) is 3.02. The molecule has 0 bridgehead atoms. The highest BCUT2D eigenvalue weighted by atomic mass is 35.7. The van der Waals surface area contributed by atoms with Crippen LogP contribution < -0.4 is 0 Å². The van der Waals surface area contributed by atoms with Crippen LogP contribution in [0.4, 0.5) is 0 Å². The van der Waals surface area contributed by atoms with Crippen molar-refractivity contribution in [3.8, 4) is 10.7 Å². The standard InChI is InChI=1S/C13H14ClN3O2S2/c14-21(18,19)13-16-15-12(17(13)9-5-6-9)11-7-8-3-1-2-4-10(8)20-11/h7,9H,1-6H2. The van der Waals surface area contributed by atoms with Crippen molar-refractivity contribution in [2.45, 2.75) is 49.7 Å². The monoisotopic (exact) mass is 343 g/mol. The molecule has 0 aliphatic heterocycles. The van der Waals surface area contributed by atoms with Crippen LogP contribution in [0.5, 0.6) is 0 Å². The predicted octanol–water partition coefficient (Wildman–Crippen LogP) is 3.15. The number of hydrogen-bond acceptors (Lipinski definition) is 5. The van der Waals surface area contributed by atoms with Gasteiger partial charge in [0.25, 0.3) is 14.2 Å². The summed E-state index contributed by atoms with van der Waals surface area (Å²) < 4.78 is 25.0. The van der Waals surface area contributed by atoms with Crippen LogP contribution in [0.1, 0.15) is 42.2 Å². The van der Waals surface area contributed by atoms with Crippen LogP contribution in [0.2, 0.25) is 0 Å². The Morgan fingerprint density at radius 2 is 2.00 bits per heavy atom. The van der Waals surface area contributed by atoms with Gasteiger partial charge in [-0.3, -0.25) is 4.57 Å². The Balaban J connectivity index is 1.85. The van der Waals surface area contributed by atoms with Crippen LogP contribution in [-0.4, -0.2) is 23.2 Å². The summed E-state index contributed by atoms with van der Waals surface area (Å²) in [4.78, 5) is 2.41. The normalized spacial score (nSPS) is 18.7. The van der Waals surface area contributed by atoms with Crippen molar-refractivity contribution in [3.63, 3.8) is 0 Å². The van der Waals surface area contributed by atoms with Gasteiger partial charge < -0.3 is 0 Å². The molecule has 0 N–H and O–H groups in total. The van der Waals surface area contributed by atoms with Crippen molar-refractivity contribution >= 4 is 31.1 Å². The summed E-state index contributed by atoms with van der Waals surface area (Å²) >= 11 is 1.71. The number of thiophene rings is 1. The third-order valence-electron chi connectivity index (χ3n) is 4.01. The molecule has 0 saturated heterocycles. The van der Waals surface area contributed by atoms with Crippen LogP contribution >= 0.6 is 22.0 Å². The van der Waals surface area contributed by atoms with E-state index in [4.69, 9.17) is 10.7 Å². The predicted molar refractivity (Wildman–Crippen MR) is 81.3 cm³/mol. The minimum atomic E-state index is -3.86. The first-order valence-corrected chi connectivity index (χ1v) is 10.2. The summed E-state index contributed by atoms with van der Waals surface area (Å²) in [6.45, 7) is 0. The van der Waals surface area contributed by atoms with Gasteiger partial charge in [0.05, 0.1) is 4.88 Å². The summed E-state index contributed by atoms with van der Waals surface area (Å²) in [5, 5.41) is 7.83. The fourth-order valence-corrected chi connectivity index (χ4v) is 5.03. The third kappa shape index (κ3) is 2.41. The first-order chi connectivity index (χ1) is 10.0. The minimum absolute atomic E-state index is 0.118. The Labute approximate surface area is 131 Å². The lowest BCUT2D eigenvalue weighted by Gasteiger charge is -2.08. The maximum atomic E-state index is 11.7. The van der Waals surface area contributed by atoms with Crippen LogP contribution in [0, 0.1) is 0 Å². The van der Waals surface area contributed by atoms with E-state index in [9.17, 15) is 8.42 Å². The van der Waals surface area contributed by atoms with Gasteiger partial charge in [-0.25, -0.2) is 8.42 Å². The molecule has 0 aromatic carbocycles. The molecule has 0 spiro atoms. The van der Waals surface area contributed by atoms with E-state index in [1.165, 1.54) is 23.3 Å². The lowest BCUT2D eigenvalue weighted by Crippen LogP contribution is -2.05. The summed E-state index contributed by atoms with van der Waals surface area (Å²) in [6.07, 6.45) is 6.57. The second kappa shape index (κ2) is 4.79. The Morgan fingerprint density at radius 1 is 1.24 bits per heavy atom. The number of rotatable bonds is 3. The molecule has 112 valence electrons. The highest BCUT2D eigenvalue weighted by Crippen LogP contribution is 2.43. The lowest BCUT2D eigenvalue weighted by atomic mass is 9.99. The number of aromatic nitrogens is 3. The maximum absolute atomic E-state index is 11.7. The van der Waals surface area contributed by atoms with Crippen molar-refractivity contribution in [3.05, 3.63) is 16.5 Å². The average molecular weight is 344 g/mol. The van der Waals surface area contributed by atoms with Gasteiger partial charge in [0.2, 0.25) is 0 Å². The number of fused-ring (bicyclic) bond motifs is 1. The van der Waals surface area contributed by atoms with Crippen LogP contribution in [0.25, 0.3) is 10.7 Å². The second-order valence-electron chi connectivity index (χ2n) is 5.61. The molecular weight excluding hydrogens is 330 g/mol. The van der Waals surface area contributed by atoms with Gasteiger partial charge in [-0.15, -0.1) is 21.5 Å². The molecule has 2 aliphatic carbocycles. The van der Waals surface area contributed by atoms with Crippen LogP contribution in [-0.2, 0) is 21.9 Å². The van der Waals surface area contributed by atoms with Crippen molar-refractivity contribution in [2.24, 2.45) is 0 Å². The minimum Gasteiger partial charge on any atom is -0.293 e. The van der Waals surface area contributed by atoms with E-state index in [2.05, 4.69) is 16.3 Å². The summed E-state index contributed by atoms with van der Waals surface area (Å²) in [6, 6.07) is 2.31. The Kier molecular flexibility index (Phi) is 3.13. The molecule has 0 radical (unpaired) electrons. The van der Waals surface area contributed by atoms with E-state index >= 15 is 0 Å². The summed E-state index contributed by atoms with van der Waals surface area (Å²) in [5.74, 6) is 0.649. The van der Waals surface area contributed by atoms with Gasteiger partial charge >= 0.3 is 0 Å². The first-order valence-electron chi connectivity index (χ1n) is 7.05. The fraction of sp³-hybridized carbons (Fsp3) is 0.538.